The van der Waals surface area contributed by atoms with E-state index in [9.17, 15) is 14.7 Å². The first-order chi connectivity index (χ1) is 17.3. The van der Waals surface area contributed by atoms with Gasteiger partial charge in [-0.15, -0.1) is 0 Å². The molecular weight excluding hydrogens is 500 g/mol. The molecule has 0 aliphatic carbocycles. The second kappa shape index (κ2) is 9.29. The number of ether oxygens (including phenoxy) is 2. The molecule has 5 rings (SSSR count). The van der Waals surface area contributed by atoms with Crippen molar-refractivity contribution in [1.29, 1.82) is 0 Å². The van der Waals surface area contributed by atoms with Crippen LogP contribution in [-0.2, 0) is 9.59 Å². The van der Waals surface area contributed by atoms with Gasteiger partial charge in [0.2, 0.25) is 0 Å². The summed E-state index contributed by atoms with van der Waals surface area (Å²) in [5.74, 6) is -0.971. The fourth-order valence-electron chi connectivity index (χ4n) is 4.25. The monoisotopic (exact) mass is 520 g/mol. The van der Waals surface area contributed by atoms with E-state index in [0.29, 0.717) is 38.3 Å². The number of hydrogen-bond acceptors (Lipinski definition) is 7. The number of Topliss-reactive ketones (excluding diaryl/α,β-unsaturated/α-hetero) is 1. The molecule has 1 aliphatic heterocycles. The molecule has 0 radical (unpaired) electrons. The Bertz CT molecular complexity index is 1540. The molecule has 1 aromatic heterocycles. The molecule has 0 bridgehead atoms. The summed E-state index contributed by atoms with van der Waals surface area (Å²) in [6.07, 6.45) is 0. The van der Waals surface area contributed by atoms with Crippen LogP contribution in [0.2, 0.25) is 5.02 Å². The second-order valence-corrected chi connectivity index (χ2v) is 9.70. The van der Waals surface area contributed by atoms with Crippen LogP contribution in [0.15, 0.2) is 66.2 Å². The maximum Gasteiger partial charge on any atom is 0.301 e. The number of fused-ring (bicyclic) bond motifs is 1. The van der Waals surface area contributed by atoms with Gasteiger partial charge in [-0.1, -0.05) is 35.1 Å². The first-order valence-corrected chi connectivity index (χ1v) is 12.2. The van der Waals surface area contributed by atoms with E-state index in [2.05, 4.69) is 4.98 Å². The minimum Gasteiger partial charge on any atom is -0.507 e. The van der Waals surface area contributed by atoms with E-state index in [4.69, 9.17) is 21.1 Å². The lowest BCUT2D eigenvalue weighted by molar-refractivity contribution is -0.132. The summed E-state index contributed by atoms with van der Waals surface area (Å²) in [7, 11) is 3.02. The maximum absolute atomic E-state index is 13.4. The molecule has 9 heteroatoms. The smallest absolute Gasteiger partial charge is 0.301 e. The number of carbonyl (C=O) groups is 2. The van der Waals surface area contributed by atoms with Gasteiger partial charge in [0.15, 0.2) is 16.6 Å². The van der Waals surface area contributed by atoms with Crippen LogP contribution in [0.3, 0.4) is 0 Å². The molecule has 4 aromatic rings. The van der Waals surface area contributed by atoms with Crippen molar-refractivity contribution in [2.75, 3.05) is 19.1 Å². The quantitative estimate of drug-likeness (QED) is 0.200. The molecule has 0 saturated carbocycles. The zero-order chi connectivity index (χ0) is 25.6. The minimum atomic E-state index is -0.942. The van der Waals surface area contributed by atoms with Gasteiger partial charge in [0.05, 0.1) is 36.1 Å². The van der Waals surface area contributed by atoms with E-state index < -0.39 is 17.7 Å². The third-order valence-corrected chi connectivity index (χ3v) is 7.29. The standard InChI is InChI=1S/C27H21ClN2O5S/c1-14-4-10-18-21(12-14)36-27(29-18)30-23(16-7-11-19(34-2)20(13-16)35-3)22(25(32)26(30)33)24(31)15-5-8-17(28)9-6-15/h4-13,23,31H,1-3H3/b24-22+/t23-/m1/s1. The Morgan fingerprint density at radius 2 is 1.72 bits per heavy atom. The number of amides is 1. The number of aryl methyl sites for hydroxylation is 1. The zero-order valence-electron chi connectivity index (χ0n) is 19.6. The molecule has 1 N–H and O–H groups in total. The highest BCUT2D eigenvalue weighted by molar-refractivity contribution is 7.22. The summed E-state index contributed by atoms with van der Waals surface area (Å²) in [6, 6.07) is 16.4. The first-order valence-electron chi connectivity index (χ1n) is 11.0. The number of ketones is 1. The predicted octanol–water partition coefficient (Wildman–Crippen LogP) is 5.90. The Hall–Kier alpha value is -3.88. The van der Waals surface area contributed by atoms with Crippen molar-refractivity contribution in [2.45, 2.75) is 13.0 Å². The number of nitrogens with zero attached hydrogens (tertiary/aromatic N) is 2. The summed E-state index contributed by atoms with van der Waals surface area (Å²) in [6.45, 7) is 1.97. The van der Waals surface area contributed by atoms with E-state index in [-0.39, 0.29) is 11.3 Å². The first kappa shape index (κ1) is 23.8. The lowest BCUT2D eigenvalue weighted by atomic mass is 9.95. The summed E-state index contributed by atoms with van der Waals surface area (Å²) < 4.78 is 11.7. The van der Waals surface area contributed by atoms with Crippen LogP contribution in [0.4, 0.5) is 5.13 Å². The number of rotatable bonds is 5. The highest BCUT2D eigenvalue weighted by Crippen LogP contribution is 2.45. The summed E-state index contributed by atoms with van der Waals surface area (Å²) in [5, 5.41) is 12.1. The van der Waals surface area contributed by atoms with Crippen LogP contribution >= 0.6 is 22.9 Å². The number of benzene rings is 3. The summed E-state index contributed by atoms with van der Waals surface area (Å²) >= 11 is 7.31. The summed E-state index contributed by atoms with van der Waals surface area (Å²) in [5.41, 5.74) is 2.63. The number of methoxy groups -OCH3 is 2. The van der Waals surface area contributed by atoms with Crippen LogP contribution in [0, 0.1) is 6.92 Å². The molecule has 1 saturated heterocycles. The highest BCUT2D eigenvalue weighted by Gasteiger charge is 2.48. The van der Waals surface area contributed by atoms with Crippen molar-refractivity contribution in [3.63, 3.8) is 0 Å². The third kappa shape index (κ3) is 3.98. The molecule has 1 atom stereocenters. The van der Waals surface area contributed by atoms with Crippen molar-refractivity contribution >= 4 is 55.7 Å². The molecular formula is C27H21ClN2O5S. The van der Waals surface area contributed by atoms with Crippen LogP contribution < -0.4 is 14.4 Å². The molecule has 0 unspecified atom stereocenters. The molecule has 1 aliphatic rings. The van der Waals surface area contributed by atoms with Crippen LogP contribution in [-0.4, -0.2) is 36.0 Å². The molecule has 2 heterocycles. The van der Waals surface area contributed by atoms with Crippen LogP contribution in [0.5, 0.6) is 11.5 Å². The van der Waals surface area contributed by atoms with Gasteiger partial charge in [-0.25, -0.2) is 4.98 Å². The fraction of sp³-hybridized carbons (Fsp3) is 0.148. The molecule has 36 heavy (non-hydrogen) atoms. The topological polar surface area (TPSA) is 89.0 Å². The van der Waals surface area contributed by atoms with Crippen molar-refractivity contribution < 1.29 is 24.2 Å². The molecule has 3 aromatic carbocycles. The number of anilines is 1. The van der Waals surface area contributed by atoms with E-state index >= 15 is 0 Å². The van der Waals surface area contributed by atoms with E-state index in [1.165, 1.54) is 30.5 Å². The average molecular weight is 521 g/mol. The number of carbonyl (C=O) groups excluding carboxylic acids is 2. The van der Waals surface area contributed by atoms with E-state index in [1.54, 1.807) is 42.5 Å². The number of halogens is 1. The van der Waals surface area contributed by atoms with Gasteiger partial charge in [-0.3, -0.25) is 14.5 Å². The number of aromatic nitrogens is 1. The van der Waals surface area contributed by atoms with Gasteiger partial charge in [-0.05, 0) is 66.6 Å². The number of aliphatic hydroxyl groups excluding tert-OH is 1. The Balaban J connectivity index is 1.75. The van der Waals surface area contributed by atoms with Gasteiger partial charge < -0.3 is 14.6 Å². The van der Waals surface area contributed by atoms with Crippen molar-refractivity contribution in [3.05, 3.63) is 87.9 Å². The lowest BCUT2D eigenvalue weighted by Gasteiger charge is -2.23. The van der Waals surface area contributed by atoms with Gasteiger partial charge in [0.25, 0.3) is 5.78 Å². The normalized spacial score (nSPS) is 17.1. The molecule has 0 spiro atoms. The van der Waals surface area contributed by atoms with Crippen LogP contribution in [0.25, 0.3) is 16.0 Å². The van der Waals surface area contributed by atoms with Gasteiger partial charge in [0.1, 0.15) is 5.76 Å². The average Bonchev–Trinajstić information content (AvgIpc) is 3.41. The Morgan fingerprint density at radius 1 is 1.00 bits per heavy atom. The van der Waals surface area contributed by atoms with Crippen molar-refractivity contribution in [2.24, 2.45) is 0 Å². The highest BCUT2D eigenvalue weighted by atomic mass is 35.5. The minimum absolute atomic E-state index is 0.0509. The lowest BCUT2D eigenvalue weighted by Crippen LogP contribution is -2.29. The van der Waals surface area contributed by atoms with E-state index in [0.717, 1.165) is 10.3 Å². The molecule has 7 nitrogen and oxygen atoms in total. The van der Waals surface area contributed by atoms with Gasteiger partial charge in [-0.2, -0.15) is 0 Å². The second-order valence-electron chi connectivity index (χ2n) is 8.26. The molecule has 1 amide bonds. The molecule has 1 fully saturated rings. The number of thiazole rings is 1. The molecule has 182 valence electrons. The zero-order valence-corrected chi connectivity index (χ0v) is 21.2. The van der Waals surface area contributed by atoms with E-state index in [1.807, 2.05) is 25.1 Å². The third-order valence-electron chi connectivity index (χ3n) is 6.02. The number of aliphatic hydroxyl groups is 1. The Labute approximate surface area is 216 Å². The van der Waals surface area contributed by atoms with Gasteiger partial charge >= 0.3 is 5.91 Å². The van der Waals surface area contributed by atoms with Crippen LogP contribution in [0.1, 0.15) is 22.7 Å². The Kier molecular flexibility index (Phi) is 6.15. The fourth-order valence-corrected chi connectivity index (χ4v) is 5.47. The predicted molar refractivity (Wildman–Crippen MR) is 140 cm³/mol. The van der Waals surface area contributed by atoms with Gasteiger partial charge in [0, 0.05) is 10.6 Å². The maximum atomic E-state index is 13.4. The largest absolute Gasteiger partial charge is 0.507 e. The summed E-state index contributed by atoms with van der Waals surface area (Å²) in [4.78, 5) is 32.8. The van der Waals surface area contributed by atoms with Crippen molar-refractivity contribution in [3.8, 4) is 11.5 Å². The SMILES string of the molecule is COc1ccc([C@@H]2/C(=C(\O)c3ccc(Cl)cc3)C(=O)C(=O)N2c2nc3ccc(C)cc3s2)cc1OC. The van der Waals surface area contributed by atoms with Crippen molar-refractivity contribution in [1.82, 2.24) is 4.98 Å². The Morgan fingerprint density at radius 3 is 2.42 bits per heavy atom. The number of hydrogen-bond donors (Lipinski definition) is 1.